The van der Waals surface area contributed by atoms with Crippen LogP contribution in [0.4, 0.5) is 0 Å². The number of hydrogen-bond donors (Lipinski definition) is 0. The number of carbonyl (C=O) groups is 2. The quantitative estimate of drug-likeness (QED) is 0.292. The Morgan fingerprint density at radius 1 is 0.929 bits per heavy atom. The van der Waals surface area contributed by atoms with Gasteiger partial charge in [0.15, 0.2) is 23.1 Å². The van der Waals surface area contributed by atoms with Crippen molar-refractivity contribution in [2.45, 2.75) is 71.1 Å². The number of ether oxygens (including phenoxy) is 1. The van der Waals surface area contributed by atoms with Crippen molar-refractivity contribution in [2.75, 3.05) is 13.7 Å². The molecule has 10 heteroatoms. The van der Waals surface area contributed by atoms with E-state index in [1.54, 1.807) is 12.1 Å². The molecule has 2 aromatic rings. The molecule has 0 bridgehead atoms. The van der Waals surface area contributed by atoms with Crippen molar-refractivity contribution in [3.63, 3.8) is 0 Å². The first kappa shape index (κ1) is 30.8. The zero-order valence-corrected chi connectivity index (χ0v) is 27.8. The van der Waals surface area contributed by atoms with Gasteiger partial charge in [-0.15, -0.1) is 0 Å². The Morgan fingerprint density at radius 3 is 1.93 bits per heavy atom. The van der Waals surface area contributed by atoms with E-state index in [-0.39, 0.29) is 38.8 Å². The maximum atomic E-state index is 13.9. The Labute approximate surface area is 261 Å². The number of allylic oxidation sites excluding steroid dienone is 4. The highest BCUT2D eigenvalue weighted by Gasteiger charge is 2.49. The molecule has 0 fully saturated rings. The molecule has 42 heavy (non-hydrogen) atoms. The predicted octanol–water partition coefficient (Wildman–Crippen LogP) is 7.58. The van der Waals surface area contributed by atoms with E-state index in [9.17, 15) is 18.0 Å². The highest BCUT2D eigenvalue weighted by Crippen LogP contribution is 2.55. The van der Waals surface area contributed by atoms with Gasteiger partial charge in [0.2, 0.25) is 0 Å². The van der Waals surface area contributed by atoms with E-state index in [1.807, 2.05) is 0 Å². The molecule has 3 aliphatic rings. The van der Waals surface area contributed by atoms with Crippen LogP contribution >= 0.6 is 27.5 Å². The summed E-state index contributed by atoms with van der Waals surface area (Å²) in [5, 5.41) is 0.398. The largest absolute Gasteiger partial charge is 0.493 e. The average Bonchev–Trinajstić information content (AvgIpc) is 2.87. The molecule has 0 atom stereocenters. The Hall–Kier alpha value is -2.62. The number of Topliss-reactive ketones (excluding diaryl/α,β-unsaturated/α-hetero) is 2. The second kappa shape index (κ2) is 10.8. The summed E-state index contributed by atoms with van der Waals surface area (Å²) >= 11 is 9.44. The summed E-state index contributed by atoms with van der Waals surface area (Å²) in [7, 11) is -2.80. The molecule has 0 amide bonds. The molecule has 0 aromatic heterocycles. The van der Waals surface area contributed by atoms with Gasteiger partial charge in [0.25, 0.3) is 0 Å². The Kier molecular flexibility index (Phi) is 7.95. The van der Waals surface area contributed by atoms with E-state index in [0.717, 1.165) is 11.4 Å². The Bertz CT molecular complexity index is 1600. The molecule has 2 aromatic carbocycles. The number of carbonyl (C=O) groups excluding carboxylic acids is 2. The summed E-state index contributed by atoms with van der Waals surface area (Å²) in [6, 6.07) is 9.08. The molecule has 0 radical (unpaired) electrons. The van der Waals surface area contributed by atoms with Gasteiger partial charge >= 0.3 is 10.1 Å². The maximum absolute atomic E-state index is 13.9. The van der Waals surface area contributed by atoms with E-state index in [0.29, 0.717) is 58.4 Å². The summed E-state index contributed by atoms with van der Waals surface area (Å²) < 4.78 is 37.8. The first-order chi connectivity index (χ1) is 19.6. The topological polar surface area (TPSA) is 90.0 Å². The van der Waals surface area contributed by atoms with E-state index in [2.05, 4.69) is 55.4 Å². The van der Waals surface area contributed by atoms with Crippen LogP contribution in [0.3, 0.4) is 0 Å². The standard InChI is InChI=1S/C32H35BrClNO6S/c1-7-35-22-14-31(2,3)16-24(36)28(22)27(29-23(35)15-32(4,5)17-25(29)37)18-12-21(33)30(26(13-18)40-6)41-42(38,39)20-10-8-19(34)9-11-20/h8-13,27H,7,14-17H2,1-6H3. The first-order valence-corrected chi connectivity index (χ1v) is 16.5. The third-order valence-electron chi connectivity index (χ3n) is 8.22. The highest BCUT2D eigenvalue weighted by atomic mass is 79.9. The van der Waals surface area contributed by atoms with Crippen LogP contribution in [0, 0.1) is 10.8 Å². The Morgan fingerprint density at radius 2 is 1.45 bits per heavy atom. The molecule has 0 spiro atoms. The fourth-order valence-corrected chi connectivity index (χ4v) is 8.24. The van der Waals surface area contributed by atoms with Gasteiger partial charge in [-0.1, -0.05) is 39.3 Å². The molecule has 2 aliphatic carbocycles. The molecule has 1 heterocycles. The van der Waals surface area contributed by atoms with Crippen LogP contribution in [0.2, 0.25) is 5.02 Å². The van der Waals surface area contributed by atoms with Gasteiger partial charge in [0.1, 0.15) is 4.90 Å². The number of benzene rings is 2. The second-order valence-electron chi connectivity index (χ2n) is 12.8. The van der Waals surface area contributed by atoms with Crippen LogP contribution < -0.4 is 8.92 Å². The monoisotopic (exact) mass is 675 g/mol. The van der Waals surface area contributed by atoms with Crippen LogP contribution in [-0.4, -0.2) is 38.5 Å². The van der Waals surface area contributed by atoms with Crippen LogP contribution in [0.5, 0.6) is 11.5 Å². The second-order valence-corrected chi connectivity index (χ2v) is 15.6. The number of nitrogens with zero attached hydrogens (tertiary/aromatic N) is 1. The number of rotatable bonds is 6. The maximum Gasteiger partial charge on any atom is 0.339 e. The van der Waals surface area contributed by atoms with Gasteiger partial charge in [-0.3, -0.25) is 9.59 Å². The third-order valence-corrected chi connectivity index (χ3v) is 10.3. The fraction of sp³-hybridized carbons (Fsp3) is 0.438. The molecule has 5 rings (SSSR count). The van der Waals surface area contributed by atoms with Gasteiger partial charge in [-0.2, -0.15) is 8.42 Å². The van der Waals surface area contributed by atoms with Crippen LogP contribution in [0.25, 0.3) is 0 Å². The molecule has 7 nitrogen and oxygen atoms in total. The third kappa shape index (κ3) is 5.55. The van der Waals surface area contributed by atoms with Gasteiger partial charge < -0.3 is 13.8 Å². The normalized spacial score (nSPS) is 20.4. The van der Waals surface area contributed by atoms with Crippen molar-refractivity contribution in [3.05, 3.63) is 74.0 Å². The highest BCUT2D eigenvalue weighted by molar-refractivity contribution is 9.10. The first-order valence-electron chi connectivity index (χ1n) is 13.9. The van der Waals surface area contributed by atoms with Crippen molar-refractivity contribution in [3.8, 4) is 11.5 Å². The van der Waals surface area contributed by atoms with E-state index in [4.69, 9.17) is 20.5 Å². The number of hydrogen-bond acceptors (Lipinski definition) is 7. The lowest BCUT2D eigenvalue weighted by molar-refractivity contribution is -0.119. The number of methoxy groups -OCH3 is 1. The number of halogens is 2. The van der Waals surface area contributed by atoms with Crippen molar-refractivity contribution in [1.29, 1.82) is 0 Å². The molecule has 224 valence electrons. The van der Waals surface area contributed by atoms with Crippen molar-refractivity contribution in [1.82, 2.24) is 4.90 Å². The minimum absolute atomic E-state index is 0.0228. The molecule has 1 aliphatic heterocycles. The van der Waals surface area contributed by atoms with Crippen LogP contribution in [-0.2, 0) is 19.7 Å². The summed E-state index contributed by atoms with van der Waals surface area (Å²) in [5.74, 6) is -0.425. The molecule has 0 unspecified atom stereocenters. The lowest BCUT2D eigenvalue weighted by Crippen LogP contribution is -2.44. The molecule has 0 saturated carbocycles. The van der Waals surface area contributed by atoms with E-state index < -0.39 is 16.0 Å². The lowest BCUT2D eigenvalue weighted by Gasteiger charge is -2.49. The Balaban J connectivity index is 1.68. The SMILES string of the molecule is CCN1C2=C(C(=O)CC(C)(C)C2)C(c2cc(Br)c(OS(=O)(=O)c3ccc(Cl)cc3)c(OC)c2)C2=C1CC(C)(C)CC2=O. The van der Waals surface area contributed by atoms with Gasteiger partial charge in [-0.05, 0) is 88.5 Å². The van der Waals surface area contributed by atoms with E-state index >= 15 is 0 Å². The van der Waals surface area contributed by atoms with Gasteiger partial charge in [0, 0.05) is 52.9 Å². The fourth-order valence-electron chi connectivity index (χ4n) is 6.51. The zero-order valence-electron chi connectivity index (χ0n) is 24.6. The summed E-state index contributed by atoms with van der Waals surface area (Å²) in [6.07, 6.45) is 2.17. The smallest absolute Gasteiger partial charge is 0.339 e. The zero-order chi connectivity index (χ0) is 30.8. The summed E-state index contributed by atoms with van der Waals surface area (Å²) in [4.78, 5) is 29.9. The van der Waals surface area contributed by atoms with Gasteiger partial charge in [0.05, 0.1) is 11.6 Å². The minimum atomic E-state index is -4.22. The lowest BCUT2D eigenvalue weighted by atomic mass is 9.63. The minimum Gasteiger partial charge on any atom is -0.493 e. The molecular weight excluding hydrogens is 642 g/mol. The molecule has 0 N–H and O–H groups in total. The van der Waals surface area contributed by atoms with Crippen molar-refractivity contribution in [2.24, 2.45) is 10.8 Å². The van der Waals surface area contributed by atoms with Crippen LogP contribution in [0.15, 0.2) is 68.3 Å². The van der Waals surface area contributed by atoms with Crippen molar-refractivity contribution < 1.29 is 26.9 Å². The van der Waals surface area contributed by atoms with Gasteiger partial charge in [-0.25, -0.2) is 0 Å². The van der Waals surface area contributed by atoms with Crippen molar-refractivity contribution >= 4 is 49.2 Å². The number of ketones is 2. The summed E-state index contributed by atoms with van der Waals surface area (Å²) in [6.45, 7) is 11.1. The van der Waals surface area contributed by atoms with Crippen LogP contribution in [0.1, 0.15) is 71.8 Å². The average molecular weight is 677 g/mol. The van der Waals surface area contributed by atoms with E-state index in [1.165, 1.54) is 31.4 Å². The predicted molar refractivity (Wildman–Crippen MR) is 165 cm³/mol. The summed E-state index contributed by atoms with van der Waals surface area (Å²) in [5.41, 5.74) is 3.44. The molecule has 0 saturated heterocycles. The molecular formula is C32H35BrClNO6S.